The number of pyridine rings is 1. The maximum absolute atomic E-state index is 13.7. The number of hydrogen-bond donors (Lipinski definition) is 0. The predicted octanol–water partition coefficient (Wildman–Crippen LogP) is 4.57. The molecule has 1 aromatic carbocycles. The number of furan rings is 1. The van der Waals surface area contributed by atoms with E-state index in [-0.39, 0.29) is 11.8 Å². The summed E-state index contributed by atoms with van der Waals surface area (Å²) in [5, 5.41) is 4.66. The van der Waals surface area contributed by atoms with Crippen LogP contribution < -0.4 is 0 Å². The molecule has 1 aliphatic heterocycles. The summed E-state index contributed by atoms with van der Waals surface area (Å²) in [6.45, 7) is 9.48. The molecule has 1 saturated heterocycles. The molecular formula is C27H28N4O4. The Labute approximate surface area is 203 Å². The summed E-state index contributed by atoms with van der Waals surface area (Å²) in [5.74, 6) is 1.37. The van der Waals surface area contributed by atoms with Crippen molar-refractivity contribution in [2.45, 2.75) is 34.1 Å². The smallest absolute Gasteiger partial charge is 0.259 e. The number of nitrogens with zero attached hydrogens (tertiary/aromatic N) is 4. The summed E-state index contributed by atoms with van der Waals surface area (Å²) in [6.07, 6.45) is 0.935. The van der Waals surface area contributed by atoms with Crippen LogP contribution in [0.4, 0.5) is 0 Å². The van der Waals surface area contributed by atoms with Crippen LogP contribution in [0, 0.1) is 20.8 Å². The molecule has 2 amide bonds. The third-order valence-corrected chi connectivity index (χ3v) is 6.63. The van der Waals surface area contributed by atoms with Gasteiger partial charge in [-0.05, 0) is 57.0 Å². The molecule has 0 atom stereocenters. The molecule has 4 heterocycles. The highest BCUT2D eigenvalue weighted by atomic mass is 16.5. The van der Waals surface area contributed by atoms with Crippen LogP contribution in [-0.4, -0.2) is 57.9 Å². The highest BCUT2D eigenvalue weighted by Gasteiger charge is 2.29. The number of rotatable bonds is 4. The van der Waals surface area contributed by atoms with Gasteiger partial charge in [-0.15, -0.1) is 0 Å². The molecule has 0 unspecified atom stereocenters. The van der Waals surface area contributed by atoms with E-state index in [0.717, 1.165) is 23.5 Å². The Morgan fingerprint density at radius 2 is 1.60 bits per heavy atom. The van der Waals surface area contributed by atoms with E-state index in [9.17, 15) is 9.59 Å². The first-order valence-electron chi connectivity index (χ1n) is 11.9. The maximum atomic E-state index is 13.7. The number of amides is 2. The molecule has 4 aromatic rings. The van der Waals surface area contributed by atoms with E-state index in [1.165, 1.54) is 5.56 Å². The lowest BCUT2D eigenvalue weighted by molar-refractivity contribution is 0.0536. The van der Waals surface area contributed by atoms with Crippen LogP contribution in [0.25, 0.3) is 22.4 Å². The zero-order valence-corrected chi connectivity index (χ0v) is 20.4. The third-order valence-electron chi connectivity index (χ3n) is 6.63. The number of aryl methyl sites for hydroxylation is 4. The first kappa shape index (κ1) is 22.8. The van der Waals surface area contributed by atoms with Gasteiger partial charge in [0.2, 0.25) is 0 Å². The second-order valence-corrected chi connectivity index (χ2v) is 8.96. The summed E-state index contributed by atoms with van der Waals surface area (Å²) in [7, 11) is 0. The monoisotopic (exact) mass is 472 g/mol. The molecule has 8 heteroatoms. The Balaban J connectivity index is 1.38. The maximum Gasteiger partial charge on any atom is 0.259 e. The molecule has 0 radical (unpaired) electrons. The van der Waals surface area contributed by atoms with Gasteiger partial charge < -0.3 is 18.7 Å². The van der Waals surface area contributed by atoms with E-state index in [4.69, 9.17) is 8.94 Å². The van der Waals surface area contributed by atoms with Crippen molar-refractivity contribution in [1.29, 1.82) is 0 Å². The third kappa shape index (κ3) is 4.20. The van der Waals surface area contributed by atoms with Gasteiger partial charge in [-0.25, -0.2) is 4.98 Å². The molecule has 180 valence electrons. The summed E-state index contributed by atoms with van der Waals surface area (Å²) in [5.41, 5.74) is 4.74. The van der Waals surface area contributed by atoms with E-state index in [1.807, 2.05) is 44.2 Å². The second kappa shape index (κ2) is 9.02. The fraction of sp³-hybridized carbons (Fsp3) is 0.333. The molecule has 35 heavy (non-hydrogen) atoms. The molecule has 0 aliphatic carbocycles. The Hall–Kier alpha value is -3.94. The first-order chi connectivity index (χ1) is 16.9. The van der Waals surface area contributed by atoms with E-state index in [2.05, 4.69) is 17.1 Å². The highest BCUT2D eigenvalue weighted by Crippen LogP contribution is 2.31. The number of aromatic nitrogens is 2. The molecular weight excluding hydrogens is 444 g/mol. The van der Waals surface area contributed by atoms with Gasteiger partial charge in [-0.2, -0.15) is 0 Å². The van der Waals surface area contributed by atoms with E-state index in [0.29, 0.717) is 59.8 Å². The number of carbonyl (C=O) groups is 2. The molecule has 0 bridgehead atoms. The Kier molecular flexibility index (Phi) is 5.88. The fourth-order valence-corrected chi connectivity index (χ4v) is 4.64. The van der Waals surface area contributed by atoms with Crippen LogP contribution in [0.2, 0.25) is 0 Å². The molecule has 1 aliphatic rings. The van der Waals surface area contributed by atoms with Gasteiger partial charge in [0, 0.05) is 37.3 Å². The van der Waals surface area contributed by atoms with Crippen molar-refractivity contribution in [1.82, 2.24) is 19.9 Å². The van der Waals surface area contributed by atoms with Gasteiger partial charge in [-0.3, -0.25) is 9.59 Å². The Morgan fingerprint density at radius 1 is 0.943 bits per heavy atom. The normalized spacial score (nSPS) is 14.1. The van der Waals surface area contributed by atoms with Crippen LogP contribution in [-0.2, 0) is 6.42 Å². The number of piperazine rings is 1. The van der Waals surface area contributed by atoms with Gasteiger partial charge in [0.05, 0.1) is 22.3 Å². The molecule has 8 nitrogen and oxygen atoms in total. The Morgan fingerprint density at radius 3 is 2.20 bits per heavy atom. The SMILES string of the molecule is CCc1ccc(C(=O)N2CCN(C(=O)c3cc(-c4cc(C)oc4C)nc4onc(C)c34)CC2)cc1. The van der Waals surface area contributed by atoms with Gasteiger partial charge >= 0.3 is 0 Å². The predicted molar refractivity (Wildman–Crippen MR) is 131 cm³/mol. The average molecular weight is 473 g/mol. The number of carbonyl (C=O) groups excluding carboxylic acids is 2. The quantitative estimate of drug-likeness (QED) is 0.432. The average Bonchev–Trinajstić information content (AvgIpc) is 3.43. The number of fused-ring (bicyclic) bond motifs is 1. The van der Waals surface area contributed by atoms with Crippen LogP contribution in [0.3, 0.4) is 0 Å². The summed E-state index contributed by atoms with van der Waals surface area (Å²) in [6, 6.07) is 11.4. The Bertz CT molecular complexity index is 1410. The number of hydrogen-bond acceptors (Lipinski definition) is 6. The van der Waals surface area contributed by atoms with Gasteiger partial charge in [0.15, 0.2) is 0 Å². The second-order valence-electron chi connectivity index (χ2n) is 8.96. The van der Waals surface area contributed by atoms with Crippen LogP contribution in [0.15, 0.2) is 45.3 Å². The fourth-order valence-electron chi connectivity index (χ4n) is 4.64. The van der Waals surface area contributed by atoms with Crippen molar-refractivity contribution >= 4 is 22.9 Å². The van der Waals surface area contributed by atoms with Crippen molar-refractivity contribution in [3.05, 3.63) is 70.3 Å². The summed E-state index contributed by atoms with van der Waals surface area (Å²) < 4.78 is 11.1. The zero-order valence-electron chi connectivity index (χ0n) is 20.4. The molecule has 1 fully saturated rings. The first-order valence-corrected chi connectivity index (χ1v) is 11.9. The van der Waals surface area contributed by atoms with E-state index < -0.39 is 0 Å². The highest BCUT2D eigenvalue weighted by molar-refractivity contribution is 6.07. The topological polar surface area (TPSA) is 92.7 Å². The molecule has 0 N–H and O–H groups in total. The lowest BCUT2D eigenvalue weighted by atomic mass is 10.0. The van der Waals surface area contributed by atoms with Gasteiger partial charge in [0.25, 0.3) is 17.5 Å². The minimum Gasteiger partial charge on any atom is -0.466 e. The van der Waals surface area contributed by atoms with Crippen molar-refractivity contribution < 1.29 is 18.5 Å². The lowest BCUT2D eigenvalue weighted by Gasteiger charge is -2.35. The molecule has 0 spiro atoms. The summed E-state index contributed by atoms with van der Waals surface area (Å²) in [4.78, 5) is 34.8. The lowest BCUT2D eigenvalue weighted by Crippen LogP contribution is -2.50. The molecule has 0 saturated carbocycles. The largest absolute Gasteiger partial charge is 0.466 e. The zero-order chi connectivity index (χ0) is 24.7. The van der Waals surface area contributed by atoms with Crippen molar-refractivity contribution in [2.24, 2.45) is 0 Å². The van der Waals surface area contributed by atoms with Gasteiger partial charge in [0.1, 0.15) is 11.5 Å². The summed E-state index contributed by atoms with van der Waals surface area (Å²) >= 11 is 0. The van der Waals surface area contributed by atoms with Crippen molar-refractivity contribution in [3.8, 4) is 11.3 Å². The van der Waals surface area contributed by atoms with Crippen LogP contribution in [0.5, 0.6) is 0 Å². The van der Waals surface area contributed by atoms with E-state index >= 15 is 0 Å². The standard InChI is InChI=1S/C27H28N4O4/c1-5-19-6-8-20(9-7-19)26(32)30-10-12-31(13-11-30)27(33)22-15-23(21-14-16(2)34-18(21)4)28-25-24(22)17(3)29-35-25/h6-9,14-15H,5,10-13H2,1-4H3. The van der Waals surface area contributed by atoms with Crippen LogP contribution in [0.1, 0.15) is 50.4 Å². The molecule has 5 rings (SSSR count). The number of benzene rings is 1. The minimum absolute atomic E-state index is 0.00554. The van der Waals surface area contributed by atoms with E-state index in [1.54, 1.807) is 22.8 Å². The minimum atomic E-state index is -0.123. The van der Waals surface area contributed by atoms with Crippen molar-refractivity contribution in [3.63, 3.8) is 0 Å². The molecule has 3 aromatic heterocycles. The van der Waals surface area contributed by atoms with Gasteiger partial charge in [-0.1, -0.05) is 24.2 Å². The van der Waals surface area contributed by atoms with Crippen LogP contribution >= 0.6 is 0 Å². The van der Waals surface area contributed by atoms with Crippen molar-refractivity contribution in [2.75, 3.05) is 26.2 Å².